The molecule has 5 aromatic rings. The first-order valence-corrected chi connectivity index (χ1v) is 10.4. The number of pyridine rings is 1. The predicted octanol–water partition coefficient (Wildman–Crippen LogP) is 5.92. The van der Waals surface area contributed by atoms with Crippen molar-refractivity contribution in [3.8, 4) is 11.5 Å². The Morgan fingerprint density at radius 2 is 1.71 bits per heavy atom. The molecular weight excluding hydrogens is 384 g/mol. The minimum Gasteiger partial charge on any atom is -0.457 e. The SMILES string of the molecule is Cc1cnc2c3cc(Oc4cccc(N5C=CN(C)C5)c4)ccc3c3ccccc3n12. The molecule has 0 spiro atoms. The molecule has 152 valence electrons. The number of rotatable bonds is 3. The van der Waals surface area contributed by atoms with E-state index in [2.05, 4.69) is 89.1 Å². The van der Waals surface area contributed by atoms with Gasteiger partial charge in [-0.1, -0.05) is 24.3 Å². The van der Waals surface area contributed by atoms with E-state index < -0.39 is 0 Å². The van der Waals surface area contributed by atoms with Gasteiger partial charge in [0, 0.05) is 53.9 Å². The van der Waals surface area contributed by atoms with Gasteiger partial charge in [0.25, 0.3) is 0 Å². The Labute approximate surface area is 180 Å². The summed E-state index contributed by atoms with van der Waals surface area (Å²) in [6.07, 6.45) is 6.08. The summed E-state index contributed by atoms with van der Waals surface area (Å²) in [5, 5.41) is 3.48. The minimum atomic E-state index is 0.802. The maximum atomic E-state index is 6.28. The summed E-state index contributed by atoms with van der Waals surface area (Å²) in [5.41, 5.74) is 4.35. The highest BCUT2D eigenvalue weighted by molar-refractivity contribution is 6.12. The number of benzene rings is 3. The van der Waals surface area contributed by atoms with Crippen LogP contribution < -0.4 is 9.64 Å². The van der Waals surface area contributed by atoms with Crippen molar-refractivity contribution in [2.24, 2.45) is 0 Å². The van der Waals surface area contributed by atoms with Crippen LogP contribution in [0.15, 0.2) is 85.3 Å². The summed E-state index contributed by atoms with van der Waals surface area (Å²) in [4.78, 5) is 9.04. The molecule has 0 bridgehead atoms. The van der Waals surface area contributed by atoms with E-state index in [0.717, 1.165) is 40.6 Å². The highest BCUT2D eigenvalue weighted by Gasteiger charge is 2.14. The number of aromatic nitrogens is 2. The molecule has 0 fully saturated rings. The van der Waals surface area contributed by atoms with E-state index in [9.17, 15) is 0 Å². The van der Waals surface area contributed by atoms with E-state index in [4.69, 9.17) is 9.72 Å². The molecule has 5 nitrogen and oxygen atoms in total. The number of fused-ring (bicyclic) bond motifs is 6. The number of aryl methyl sites for hydroxylation is 1. The fourth-order valence-corrected chi connectivity index (χ4v) is 4.39. The highest BCUT2D eigenvalue weighted by atomic mass is 16.5. The van der Waals surface area contributed by atoms with Crippen LogP contribution in [0.3, 0.4) is 0 Å². The van der Waals surface area contributed by atoms with Crippen molar-refractivity contribution in [1.82, 2.24) is 14.3 Å². The standard InChI is InChI=1S/C26H22N4O/c1-18-16-27-26-24-15-21(10-11-22(24)23-8-3-4-9-25(23)30(18)26)31-20-7-5-6-19(14-20)29-13-12-28(2)17-29/h3-16H,17H2,1-2H3. The summed E-state index contributed by atoms with van der Waals surface area (Å²) in [5.74, 6) is 1.62. The van der Waals surface area contributed by atoms with E-state index in [1.807, 2.05) is 24.4 Å². The van der Waals surface area contributed by atoms with E-state index in [1.54, 1.807) is 0 Å². The molecule has 6 rings (SSSR count). The number of hydrogen-bond acceptors (Lipinski definition) is 4. The Hall–Kier alpha value is -3.99. The van der Waals surface area contributed by atoms with Crippen LogP contribution in [-0.2, 0) is 0 Å². The topological polar surface area (TPSA) is 33.0 Å². The van der Waals surface area contributed by atoms with Crippen molar-refractivity contribution >= 4 is 33.0 Å². The zero-order valence-corrected chi connectivity index (χ0v) is 17.5. The van der Waals surface area contributed by atoms with Gasteiger partial charge in [-0.2, -0.15) is 0 Å². The summed E-state index contributed by atoms with van der Waals surface area (Å²) in [7, 11) is 2.06. The second-order valence-corrected chi connectivity index (χ2v) is 8.05. The molecule has 0 saturated carbocycles. The molecule has 3 heterocycles. The summed E-state index contributed by atoms with van der Waals surface area (Å²) in [6, 6.07) is 22.9. The van der Waals surface area contributed by atoms with Gasteiger partial charge in [-0.05, 0) is 48.7 Å². The zero-order chi connectivity index (χ0) is 20.9. The lowest BCUT2D eigenvalue weighted by Crippen LogP contribution is -2.21. The maximum absolute atomic E-state index is 6.28. The Bertz CT molecular complexity index is 1480. The van der Waals surface area contributed by atoms with Crippen molar-refractivity contribution in [3.63, 3.8) is 0 Å². The van der Waals surface area contributed by atoms with Gasteiger partial charge in [0.1, 0.15) is 17.1 Å². The molecule has 1 aliphatic rings. The summed E-state index contributed by atoms with van der Waals surface area (Å²) >= 11 is 0. The Morgan fingerprint density at radius 1 is 0.839 bits per heavy atom. The van der Waals surface area contributed by atoms with Gasteiger partial charge in [-0.15, -0.1) is 0 Å². The van der Waals surface area contributed by atoms with Gasteiger partial charge < -0.3 is 14.5 Å². The largest absolute Gasteiger partial charge is 0.457 e. The molecule has 0 atom stereocenters. The van der Waals surface area contributed by atoms with Crippen LogP contribution in [0.1, 0.15) is 5.69 Å². The molecule has 31 heavy (non-hydrogen) atoms. The first kappa shape index (κ1) is 17.8. The van der Waals surface area contributed by atoms with Crippen LogP contribution in [0.2, 0.25) is 0 Å². The number of imidazole rings is 1. The Kier molecular flexibility index (Phi) is 3.90. The number of ether oxygens (including phenoxy) is 1. The molecule has 0 saturated heterocycles. The van der Waals surface area contributed by atoms with Crippen molar-refractivity contribution in [1.29, 1.82) is 0 Å². The number of anilines is 1. The Morgan fingerprint density at radius 3 is 2.58 bits per heavy atom. The van der Waals surface area contributed by atoms with E-state index in [0.29, 0.717) is 0 Å². The Balaban J connectivity index is 1.45. The molecule has 1 aliphatic heterocycles. The number of nitrogens with zero attached hydrogens (tertiary/aromatic N) is 4. The highest BCUT2D eigenvalue weighted by Crippen LogP contribution is 2.34. The molecule has 2 aromatic heterocycles. The maximum Gasteiger partial charge on any atom is 0.145 e. The third-order valence-corrected chi connectivity index (χ3v) is 5.87. The zero-order valence-electron chi connectivity index (χ0n) is 17.5. The molecule has 5 heteroatoms. The lowest BCUT2D eigenvalue weighted by Gasteiger charge is -2.19. The average Bonchev–Trinajstić information content (AvgIpc) is 3.40. The van der Waals surface area contributed by atoms with Crippen LogP contribution >= 0.6 is 0 Å². The van der Waals surface area contributed by atoms with E-state index >= 15 is 0 Å². The van der Waals surface area contributed by atoms with Crippen LogP contribution in [0.25, 0.3) is 27.3 Å². The number of para-hydroxylation sites is 1. The predicted molar refractivity (Wildman–Crippen MR) is 126 cm³/mol. The number of hydrogen-bond donors (Lipinski definition) is 0. The van der Waals surface area contributed by atoms with Crippen molar-refractivity contribution < 1.29 is 4.74 Å². The second-order valence-electron chi connectivity index (χ2n) is 8.05. The van der Waals surface area contributed by atoms with E-state index in [-0.39, 0.29) is 0 Å². The lowest BCUT2D eigenvalue weighted by molar-refractivity contribution is 0.481. The molecule has 0 N–H and O–H groups in total. The van der Waals surface area contributed by atoms with Gasteiger partial charge in [-0.25, -0.2) is 4.98 Å². The fraction of sp³-hybridized carbons (Fsp3) is 0.115. The van der Waals surface area contributed by atoms with Gasteiger partial charge in [0.2, 0.25) is 0 Å². The van der Waals surface area contributed by atoms with Gasteiger partial charge in [-0.3, -0.25) is 4.40 Å². The third kappa shape index (κ3) is 2.89. The monoisotopic (exact) mass is 406 g/mol. The molecule has 0 unspecified atom stereocenters. The van der Waals surface area contributed by atoms with Crippen LogP contribution in [-0.4, -0.2) is 28.0 Å². The summed E-state index contributed by atoms with van der Waals surface area (Å²) < 4.78 is 8.50. The van der Waals surface area contributed by atoms with Crippen molar-refractivity contribution in [2.75, 3.05) is 18.6 Å². The second kappa shape index (κ2) is 6.77. The molecule has 3 aromatic carbocycles. The minimum absolute atomic E-state index is 0.802. The quantitative estimate of drug-likeness (QED) is 0.348. The normalized spacial score (nSPS) is 13.7. The average molecular weight is 406 g/mol. The molecular formula is C26H22N4O. The fourth-order valence-electron chi connectivity index (χ4n) is 4.39. The lowest BCUT2D eigenvalue weighted by atomic mass is 10.1. The van der Waals surface area contributed by atoms with Crippen LogP contribution in [0.4, 0.5) is 5.69 Å². The van der Waals surface area contributed by atoms with Gasteiger partial charge in [0.05, 0.1) is 12.2 Å². The first-order chi connectivity index (χ1) is 15.2. The van der Waals surface area contributed by atoms with Gasteiger partial charge >= 0.3 is 0 Å². The molecule has 0 radical (unpaired) electrons. The molecule has 0 amide bonds. The van der Waals surface area contributed by atoms with Crippen LogP contribution in [0.5, 0.6) is 11.5 Å². The van der Waals surface area contributed by atoms with E-state index in [1.165, 1.54) is 16.3 Å². The third-order valence-electron chi connectivity index (χ3n) is 5.87. The van der Waals surface area contributed by atoms with Gasteiger partial charge in [0.15, 0.2) is 0 Å². The van der Waals surface area contributed by atoms with Crippen molar-refractivity contribution in [2.45, 2.75) is 6.92 Å². The molecule has 0 aliphatic carbocycles. The first-order valence-electron chi connectivity index (χ1n) is 10.4. The summed E-state index contributed by atoms with van der Waals surface area (Å²) in [6.45, 7) is 2.93. The van der Waals surface area contributed by atoms with Crippen molar-refractivity contribution in [3.05, 3.63) is 91.0 Å². The van der Waals surface area contributed by atoms with Crippen LogP contribution in [0, 0.1) is 6.92 Å². The smallest absolute Gasteiger partial charge is 0.145 e.